The van der Waals surface area contributed by atoms with Crippen LogP contribution in [0.2, 0.25) is 0 Å². The van der Waals surface area contributed by atoms with Crippen LogP contribution in [0, 0.1) is 0 Å². The molecule has 0 aliphatic carbocycles. The normalized spacial score (nSPS) is 12.8. The van der Waals surface area contributed by atoms with Crippen molar-refractivity contribution >= 4 is 34.0 Å². The van der Waals surface area contributed by atoms with Crippen molar-refractivity contribution in [2.75, 3.05) is 36.4 Å². The molecule has 0 atom stereocenters. The van der Waals surface area contributed by atoms with Gasteiger partial charge in [0.1, 0.15) is 0 Å². The van der Waals surface area contributed by atoms with E-state index in [0.717, 1.165) is 66.5 Å². The predicted octanol–water partition coefficient (Wildman–Crippen LogP) is 2.87. The number of nitrogens with zero attached hydrogens (tertiary/aromatic N) is 1. The van der Waals surface area contributed by atoms with E-state index in [1.807, 2.05) is 35.2 Å². The first-order valence-electron chi connectivity index (χ1n) is 9.75. The Morgan fingerprint density at radius 1 is 1.15 bits per heavy atom. The Bertz CT molecular complexity index is 834. The molecule has 0 saturated heterocycles. The van der Waals surface area contributed by atoms with Gasteiger partial charge >= 0.3 is 0 Å². The maximum absolute atomic E-state index is 12.8. The van der Waals surface area contributed by atoms with Gasteiger partial charge in [-0.05, 0) is 50.6 Å². The molecule has 3 rings (SSSR count). The Morgan fingerprint density at radius 3 is 2.78 bits per heavy atom. The third kappa shape index (κ3) is 4.12. The molecule has 0 saturated carbocycles. The summed E-state index contributed by atoms with van der Waals surface area (Å²) in [5.41, 5.74) is 7.87. The number of unbranched alkanes of at least 4 members (excludes halogenated alkanes) is 2. The molecule has 6 heteroatoms. The lowest BCUT2D eigenvalue weighted by molar-refractivity contribution is -0.115. The van der Waals surface area contributed by atoms with E-state index in [0.29, 0.717) is 6.54 Å². The number of carbonyl (C=O) groups is 2. The Kier molecular flexibility index (Phi) is 6.42. The molecule has 6 nitrogen and oxygen atoms in total. The minimum absolute atomic E-state index is 0.0501. The molecule has 0 fully saturated rings. The summed E-state index contributed by atoms with van der Waals surface area (Å²) in [6.07, 6.45) is 3.91. The van der Waals surface area contributed by atoms with Crippen molar-refractivity contribution in [1.29, 1.82) is 0 Å². The Morgan fingerprint density at radius 2 is 2.00 bits per heavy atom. The second-order valence-corrected chi connectivity index (χ2v) is 6.89. The maximum Gasteiger partial charge on any atom is 0.258 e. The highest BCUT2D eigenvalue weighted by Crippen LogP contribution is 2.40. The molecule has 2 aromatic rings. The van der Waals surface area contributed by atoms with Gasteiger partial charge in [0.25, 0.3) is 5.91 Å². The first-order chi connectivity index (χ1) is 13.2. The average molecular weight is 368 g/mol. The fourth-order valence-electron chi connectivity index (χ4n) is 3.48. The van der Waals surface area contributed by atoms with Crippen LogP contribution in [0.5, 0.6) is 0 Å². The first-order valence-corrected chi connectivity index (χ1v) is 9.75. The fourth-order valence-corrected chi connectivity index (χ4v) is 3.48. The van der Waals surface area contributed by atoms with Crippen molar-refractivity contribution in [1.82, 2.24) is 5.32 Å². The van der Waals surface area contributed by atoms with Gasteiger partial charge in [-0.2, -0.15) is 0 Å². The number of rotatable bonds is 10. The Hall–Kier alpha value is -2.44. The smallest absolute Gasteiger partial charge is 0.258 e. The minimum atomic E-state index is -0.0874. The van der Waals surface area contributed by atoms with Gasteiger partial charge in [0.15, 0.2) is 0 Å². The number of hydrogen-bond acceptors (Lipinski definition) is 4. The second kappa shape index (κ2) is 8.97. The molecule has 1 aliphatic heterocycles. The van der Waals surface area contributed by atoms with Gasteiger partial charge in [0.05, 0.1) is 12.2 Å². The third-order valence-electron chi connectivity index (χ3n) is 4.89. The molecule has 0 aromatic heterocycles. The lowest BCUT2D eigenvalue weighted by Gasteiger charge is -2.17. The van der Waals surface area contributed by atoms with Crippen LogP contribution in [0.15, 0.2) is 30.3 Å². The largest absolute Gasteiger partial charge is 0.330 e. The van der Waals surface area contributed by atoms with Crippen LogP contribution in [0.1, 0.15) is 43.0 Å². The summed E-state index contributed by atoms with van der Waals surface area (Å²) in [6, 6.07) is 9.54. The molecule has 27 heavy (non-hydrogen) atoms. The predicted molar refractivity (Wildman–Crippen MR) is 110 cm³/mol. The van der Waals surface area contributed by atoms with Gasteiger partial charge in [-0.3, -0.25) is 9.59 Å². The number of benzene rings is 2. The molecule has 4 N–H and O–H groups in total. The average Bonchev–Trinajstić information content (AvgIpc) is 2.95. The van der Waals surface area contributed by atoms with E-state index < -0.39 is 0 Å². The summed E-state index contributed by atoms with van der Waals surface area (Å²) in [5.74, 6) is -0.0373. The summed E-state index contributed by atoms with van der Waals surface area (Å²) in [6.45, 7) is 4.54. The monoisotopic (exact) mass is 368 g/mol. The van der Waals surface area contributed by atoms with Crippen molar-refractivity contribution in [2.24, 2.45) is 5.73 Å². The summed E-state index contributed by atoms with van der Waals surface area (Å²) < 4.78 is 0. The lowest BCUT2D eigenvalue weighted by Crippen LogP contribution is -2.29. The number of carbonyl (C=O) groups excluding carboxylic acids is 2. The van der Waals surface area contributed by atoms with Gasteiger partial charge in [0.2, 0.25) is 5.91 Å². The highest BCUT2D eigenvalue weighted by Gasteiger charge is 2.30. The van der Waals surface area contributed by atoms with Crippen molar-refractivity contribution in [3.63, 3.8) is 0 Å². The van der Waals surface area contributed by atoms with Gasteiger partial charge < -0.3 is 21.3 Å². The summed E-state index contributed by atoms with van der Waals surface area (Å²) in [4.78, 5) is 26.9. The van der Waals surface area contributed by atoms with E-state index in [2.05, 4.69) is 17.6 Å². The van der Waals surface area contributed by atoms with Crippen LogP contribution in [-0.2, 0) is 4.79 Å². The molecule has 0 unspecified atom stereocenters. The van der Waals surface area contributed by atoms with Gasteiger partial charge in [0, 0.05) is 28.6 Å². The zero-order chi connectivity index (χ0) is 19.2. The zero-order valence-electron chi connectivity index (χ0n) is 15.9. The van der Waals surface area contributed by atoms with Crippen molar-refractivity contribution in [3.8, 4) is 0 Å². The molecule has 2 aromatic carbocycles. The third-order valence-corrected chi connectivity index (χ3v) is 4.89. The molecule has 2 amide bonds. The maximum atomic E-state index is 12.8. The molecule has 1 heterocycles. The SMILES string of the molecule is CCCCN1C(=O)c2cccc3c(NC(=O)CNCCCCN)ccc1c23. The van der Waals surface area contributed by atoms with Crippen LogP contribution in [0.3, 0.4) is 0 Å². The molecule has 0 spiro atoms. The molecule has 144 valence electrons. The van der Waals surface area contributed by atoms with Gasteiger partial charge in [-0.15, -0.1) is 0 Å². The quantitative estimate of drug-likeness (QED) is 0.563. The van der Waals surface area contributed by atoms with E-state index in [4.69, 9.17) is 5.73 Å². The number of amides is 2. The molecular formula is C21H28N4O2. The Balaban J connectivity index is 1.77. The van der Waals surface area contributed by atoms with Crippen LogP contribution in [0.25, 0.3) is 10.8 Å². The van der Waals surface area contributed by atoms with E-state index in [1.165, 1.54) is 0 Å². The standard InChI is InChI=1S/C21H28N4O2/c1-2-3-13-25-18-10-9-17(24-19(26)14-23-12-5-4-11-22)15-7-6-8-16(20(15)18)21(25)27/h6-10,23H,2-5,11-14,22H2,1H3,(H,24,26). The highest BCUT2D eigenvalue weighted by molar-refractivity contribution is 6.27. The van der Waals surface area contributed by atoms with Gasteiger partial charge in [-0.1, -0.05) is 25.5 Å². The number of anilines is 2. The van der Waals surface area contributed by atoms with E-state index in [1.54, 1.807) is 0 Å². The lowest BCUT2D eigenvalue weighted by atomic mass is 10.0. The summed E-state index contributed by atoms with van der Waals surface area (Å²) >= 11 is 0. The zero-order valence-corrected chi connectivity index (χ0v) is 15.9. The minimum Gasteiger partial charge on any atom is -0.330 e. The van der Waals surface area contributed by atoms with E-state index in [9.17, 15) is 9.59 Å². The highest BCUT2D eigenvalue weighted by atomic mass is 16.2. The Labute approximate surface area is 160 Å². The van der Waals surface area contributed by atoms with E-state index in [-0.39, 0.29) is 18.4 Å². The fraction of sp³-hybridized carbons (Fsp3) is 0.429. The second-order valence-electron chi connectivity index (χ2n) is 6.89. The molecule has 0 bridgehead atoms. The van der Waals surface area contributed by atoms with E-state index >= 15 is 0 Å². The van der Waals surface area contributed by atoms with Crippen LogP contribution >= 0.6 is 0 Å². The van der Waals surface area contributed by atoms with Gasteiger partial charge in [-0.25, -0.2) is 0 Å². The first kappa shape index (κ1) is 19.3. The topological polar surface area (TPSA) is 87.5 Å². The molecular weight excluding hydrogens is 340 g/mol. The molecule has 0 radical (unpaired) electrons. The summed E-state index contributed by atoms with van der Waals surface area (Å²) in [5, 5.41) is 7.95. The van der Waals surface area contributed by atoms with Crippen molar-refractivity contribution < 1.29 is 9.59 Å². The van der Waals surface area contributed by atoms with Crippen LogP contribution < -0.4 is 21.3 Å². The number of nitrogens with one attached hydrogen (secondary N) is 2. The van der Waals surface area contributed by atoms with Crippen LogP contribution in [-0.4, -0.2) is 38.0 Å². The number of nitrogens with two attached hydrogens (primary N) is 1. The van der Waals surface area contributed by atoms with Crippen molar-refractivity contribution in [3.05, 3.63) is 35.9 Å². The van der Waals surface area contributed by atoms with Crippen molar-refractivity contribution in [2.45, 2.75) is 32.6 Å². The number of hydrogen-bond donors (Lipinski definition) is 3. The molecule has 1 aliphatic rings. The summed E-state index contributed by atoms with van der Waals surface area (Å²) in [7, 11) is 0. The van der Waals surface area contributed by atoms with Crippen LogP contribution in [0.4, 0.5) is 11.4 Å².